The van der Waals surface area contributed by atoms with Gasteiger partial charge in [-0.15, -0.1) is 40.0 Å². The van der Waals surface area contributed by atoms with Crippen molar-refractivity contribution >= 4 is 40.0 Å². The van der Waals surface area contributed by atoms with Crippen molar-refractivity contribution in [1.82, 2.24) is 9.99 Å². The summed E-state index contributed by atoms with van der Waals surface area (Å²) in [6, 6.07) is 16.6. The molecule has 0 bridgehead atoms. The second-order valence-electron chi connectivity index (χ2n) is 5.58. The zero-order valence-corrected chi connectivity index (χ0v) is 17.8. The molecular formula is C20H21BrN4O2S. The molecular weight excluding hydrogens is 440 g/mol. The molecule has 1 heterocycles. The Morgan fingerprint density at radius 3 is 2.57 bits per heavy atom. The number of urea groups is 1. The maximum atomic E-state index is 12.0. The third kappa shape index (κ3) is 5.34. The molecule has 3 rings (SSSR count). The van der Waals surface area contributed by atoms with Crippen molar-refractivity contribution in [2.45, 2.75) is 6.54 Å². The summed E-state index contributed by atoms with van der Waals surface area (Å²) in [6.45, 7) is 4.39. The van der Waals surface area contributed by atoms with E-state index in [9.17, 15) is 4.79 Å². The molecule has 0 fully saturated rings. The van der Waals surface area contributed by atoms with E-state index in [2.05, 4.69) is 22.4 Å². The topological polar surface area (TPSA) is 67.6 Å². The van der Waals surface area contributed by atoms with Gasteiger partial charge >= 0.3 is 6.03 Å². The lowest BCUT2D eigenvalue weighted by Gasteiger charge is -2.08. The average molecular weight is 461 g/mol. The molecule has 28 heavy (non-hydrogen) atoms. The fourth-order valence-electron chi connectivity index (χ4n) is 2.50. The van der Waals surface area contributed by atoms with Gasteiger partial charge in [-0.2, -0.15) is 0 Å². The normalized spacial score (nSPS) is 10.7. The fraction of sp³-hybridized carbons (Fsp3) is 0.100. The molecule has 3 aromatic rings. The van der Waals surface area contributed by atoms with Gasteiger partial charge in [-0.25, -0.2) is 10.2 Å². The first-order valence-corrected chi connectivity index (χ1v) is 9.18. The third-order valence-electron chi connectivity index (χ3n) is 3.78. The predicted molar refractivity (Wildman–Crippen MR) is 119 cm³/mol. The molecule has 8 heteroatoms. The number of benzene rings is 2. The highest BCUT2D eigenvalue weighted by molar-refractivity contribution is 8.93. The summed E-state index contributed by atoms with van der Waals surface area (Å²) in [4.78, 5) is 12.7. The largest absolute Gasteiger partial charge is 0.497 e. The number of nitrogens with zero attached hydrogens (tertiary/aromatic N) is 2. The van der Waals surface area contributed by atoms with Gasteiger partial charge < -0.3 is 14.6 Å². The summed E-state index contributed by atoms with van der Waals surface area (Å²) in [6.07, 6.45) is 1.79. The van der Waals surface area contributed by atoms with E-state index < -0.39 is 6.03 Å². The fourth-order valence-corrected chi connectivity index (χ4v) is 3.37. The Bertz CT molecular complexity index is 981. The lowest BCUT2D eigenvalue weighted by molar-refractivity contribution is 0.252. The second-order valence-corrected chi connectivity index (χ2v) is 6.41. The maximum absolute atomic E-state index is 12.0. The van der Waals surface area contributed by atoms with E-state index in [-0.39, 0.29) is 17.0 Å². The highest BCUT2D eigenvalue weighted by Crippen LogP contribution is 2.23. The summed E-state index contributed by atoms with van der Waals surface area (Å²) < 4.78 is 7.20. The first-order valence-electron chi connectivity index (χ1n) is 8.30. The molecule has 0 radical (unpaired) electrons. The number of anilines is 1. The number of hydrogen-bond donors (Lipinski definition) is 2. The van der Waals surface area contributed by atoms with Gasteiger partial charge in [-0.05, 0) is 42.0 Å². The van der Waals surface area contributed by atoms with E-state index in [4.69, 9.17) is 4.74 Å². The van der Waals surface area contributed by atoms with E-state index >= 15 is 0 Å². The summed E-state index contributed by atoms with van der Waals surface area (Å²) >= 11 is 1.44. The Hall–Kier alpha value is -2.84. The smallest absolute Gasteiger partial charge is 0.339 e. The van der Waals surface area contributed by atoms with Gasteiger partial charge in [0, 0.05) is 17.6 Å². The average Bonchev–Trinajstić information content (AvgIpc) is 3.10. The number of rotatable bonds is 6. The van der Waals surface area contributed by atoms with Crippen molar-refractivity contribution < 1.29 is 9.53 Å². The number of methoxy groups -OCH3 is 1. The molecule has 0 unspecified atom stereocenters. The number of nitrogens with one attached hydrogen (secondary N) is 2. The minimum atomic E-state index is -0.397. The van der Waals surface area contributed by atoms with E-state index in [1.165, 1.54) is 11.3 Å². The first-order chi connectivity index (χ1) is 13.2. The maximum Gasteiger partial charge on any atom is 0.339 e. The molecule has 146 valence electrons. The first kappa shape index (κ1) is 21.5. The number of allylic oxidation sites excluding steroid dienone is 1. The molecule has 0 aliphatic rings. The third-order valence-corrected chi connectivity index (χ3v) is 4.64. The minimum Gasteiger partial charge on any atom is -0.497 e. The van der Waals surface area contributed by atoms with E-state index in [0.717, 1.165) is 17.0 Å². The van der Waals surface area contributed by atoms with Crippen molar-refractivity contribution in [3.63, 3.8) is 0 Å². The number of carbonyl (C=O) groups excluding carboxylic acids is 1. The summed E-state index contributed by atoms with van der Waals surface area (Å²) in [5.74, 6) is 0.799. The molecule has 2 N–H and O–H groups in total. The van der Waals surface area contributed by atoms with Crippen LogP contribution in [0.25, 0.3) is 11.3 Å². The van der Waals surface area contributed by atoms with Crippen LogP contribution in [-0.4, -0.2) is 17.7 Å². The molecule has 1 aromatic heterocycles. The van der Waals surface area contributed by atoms with Crippen molar-refractivity contribution in [3.8, 4) is 17.0 Å². The van der Waals surface area contributed by atoms with Gasteiger partial charge in [0.15, 0.2) is 0 Å². The number of hydrogen-bond acceptors (Lipinski definition) is 4. The molecule has 6 nitrogen and oxygen atoms in total. The van der Waals surface area contributed by atoms with Gasteiger partial charge in [0.05, 0.1) is 12.8 Å². The molecule has 2 aromatic carbocycles. The standard InChI is InChI=1S/C20H20N4O2S.BrH/c1-3-13-24-18(15-9-11-17(26-2)12-10-15)14-27-20(24)23-22-19(25)21-16-7-5-4-6-8-16;/h3-12,14H,1,13H2,2H3,(H2,21,22,25);1H/b23-20+;. The SMILES string of the molecule is Br.C=CCn1c(-c2ccc(OC)cc2)cs/c1=N/NC(=O)Nc1ccccc1. The number of thiazole rings is 1. The number of halogens is 1. The quantitative estimate of drug-likeness (QED) is 0.415. The van der Waals surface area contributed by atoms with E-state index in [0.29, 0.717) is 17.0 Å². The Labute approximate surface area is 178 Å². The van der Waals surface area contributed by atoms with Gasteiger partial charge in [0.2, 0.25) is 4.80 Å². The van der Waals surface area contributed by atoms with Crippen LogP contribution in [0, 0.1) is 0 Å². The lowest BCUT2D eigenvalue weighted by Crippen LogP contribution is -2.28. The molecule has 0 aliphatic carbocycles. The van der Waals surface area contributed by atoms with Crippen molar-refractivity contribution in [2.24, 2.45) is 5.10 Å². The number of aromatic nitrogens is 1. The van der Waals surface area contributed by atoms with Crippen LogP contribution in [0.1, 0.15) is 0 Å². The Morgan fingerprint density at radius 1 is 1.21 bits per heavy atom. The van der Waals surface area contributed by atoms with Crippen LogP contribution in [0.15, 0.2) is 77.7 Å². The van der Waals surface area contributed by atoms with Crippen LogP contribution in [0.2, 0.25) is 0 Å². The van der Waals surface area contributed by atoms with E-state index in [1.807, 2.05) is 64.5 Å². The number of amides is 2. The molecule has 0 saturated heterocycles. The second kappa shape index (κ2) is 10.5. The van der Waals surface area contributed by atoms with Gasteiger partial charge in [0.25, 0.3) is 0 Å². The molecule has 0 atom stereocenters. The van der Waals surface area contributed by atoms with Crippen LogP contribution in [0.3, 0.4) is 0 Å². The predicted octanol–water partition coefficient (Wildman–Crippen LogP) is 4.63. The van der Waals surface area contributed by atoms with Crippen LogP contribution < -0.4 is 20.3 Å². The van der Waals surface area contributed by atoms with Crippen molar-refractivity contribution in [3.05, 3.63) is 77.4 Å². The molecule has 2 amide bonds. The zero-order chi connectivity index (χ0) is 19.1. The molecule has 0 aliphatic heterocycles. The van der Waals surface area contributed by atoms with Gasteiger partial charge in [0.1, 0.15) is 5.75 Å². The highest BCUT2D eigenvalue weighted by atomic mass is 79.9. The molecule has 0 spiro atoms. The minimum absolute atomic E-state index is 0. The summed E-state index contributed by atoms with van der Waals surface area (Å²) in [5, 5.41) is 8.98. The number of ether oxygens (including phenoxy) is 1. The summed E-state index contributed by atoms with van der Waals surface area (Å²) in [7, 11) is 1.64. The molecule has 0 saturated carbocycles. The van der Waals surface area contributed by atoms with Gasteiger partial charge in [-0.1, -0.05) is 24.3 Å². The van der Waals surface area contributed by atoms with Crippen molar-refractivity contribution in [1.29, 1.82) is 0 Å². The number of para-hydroxylation sites is 1. The van der Waals surface area contributed by atoms with Crippen LogP contribution in [0.4, 0.5) is 10.5 Å². The van der Waals surface area contributed by atoms with Crippen LogP contribution in [-0.2, 0) is 6.54 Å². The highest BCUT2D eigenvalue weighted by Gasteiger charge is 2.08. The zero-order valence-electron chi connectivity index (χ0n) is 15.3. The number of carbonyl (C=O) groups is 1. The lowest BCUT2D eigenvalue weighted by atomic mass is 10.1. The van der Waals surface area contributed by atoms with Crippen LogP contribution in [0.5, 0.6) is 5.75 Å². The summed E-state index contributed by atoms with van der Waals surface area (Å²) in [5.41, 5.74) is 5.27. The van der Waals surface area contributed by atoms with Gasteiger partial charge in [-0.3, -0.25) is 0 Å². The van der Waals surface area contributed by atoms with Crippen LogP contribution >= 0.6 is 28.3 Å². The Balaban J connectivity index is 0.00000280. The Kier molecular flexibility index (Phi) is 8.03. The Morgan fingerprint density at radius 2 is 1.93 bits per heavy atom. The van der Waals surface area contributed by atoms with Crippen molar-refractivity contribution in [2.75, 3.05) is 12.4 Å². The monoisotopic (exact) mass is 460 g/mol. The van der Waals surface area contributed by atoms with E-state index in [1.54, 1.807) is 13.2 Å².